The lowest BCUT2D eigenvalue weighted by Gasteiger charge is -2.27. The van der Waals surface area contributed by atoms with Gasteiger partial charge < -0.3 is 14.8 Å². The van der Waals surface area contributed by atoms with Crippen LogP contribution in [-0.4, -0.2) is 69.0 Å². The number of ether oxygens (including phenoxy) is 2. The summed E-state index contributed by atoms with van der Waals surface area (Å²) in [6.07, 6.45) is 0.677. The Labute approximate surface area is 244 Å². The molecule has 3 aromatic rings. The standard InChI is InChI=1S/C28H31N3O6S2.ClH/c1-2-37-28(33)25-23-12-13-30(18-20-6-4-3-5-7-20)19-24(23)38-27(25)29-26(32)21-8-10-22(11-9-21)39(34,35)31-14-16-36-17-15-31;/h3-11H,2,12-19H2,1H3,(H,29,32);1H. The quantitative estimate of drug-likeness (QED) is 0.384. The minimum absolute atomic E-state index is 0. The van der Waals surface area contributed by atoms with Gasteiger partial charge in [-0.25, -0.2) is 13.2 Å². The predicted octanol–water partition coefficient (Wildman–Crippen LogP) is 4.18. The van der Waals surface area contributed by atoms with Gasteiger partial charge in [0.05, 0.1) is 30.3 Å². The number of benzene rings is 2. The Morgan fingerprint density at radius 1 is 1.02 bits per heavy atom. The molecule has 2 aliphatic heterocycles. The number of hydrogen-bond acceptors (Lipinski definition) is 8. The Morgan fingerprint density at radius 2 is 1.73 bits per heavy atom. The van der Waals surface area contributed by atoms with Crippen molar-refractivity contribution >= 4 is 50.6 Å². The average molecular weight is 606 g/mol. The summed E-state index contributed by atoms with van der Waals surface area (Å²) in [5, 5.41) is 3.35. The first-order chi connectivity index (χ1) is 18.9. The molecule has 2 aromatic carbocycles. The van der Waals surface area contributed by atoms with Gasteiger partial charge in [-0.15, -0.1) is 23.7 Å². The predicted molar refractivity (Wildman–Crippen MR) is 156 cm³/mol. The highest BCUT2D eigenvalue weighted by Crippen LogP contribution is 2.38. The van der Waals surface area contributed by atoms with Crippen molar-refractivity contribution in [2.45, 2.75) is 31.3 Å². The lowest BCUT2D eigenvalue weighted by molar-refractivity contribution is 0.0526. The number of amides is 1. The first kappa shape index (κ1) is 30.2. The SMILES string of the molecule is CCOC(=O)c1c(NC(=O)c2ccc(S(=O)(=O)N3CCOCC3)cc2)sc2c1CCN(Cc1ccccc1)C2.Cl. The molecule has 12 heteroatoms. The lowest BCUT2D eigenvalue weighted by Crippen LogP contribution is -2.40. The van der Waals surface area contributed by atoms with Crippen LogP contribution in [0.5, 0.6) is 0 Å². The number of hydrogen-bond donors (Lipinski definition) is 1. The third-order valence-corrected chi connectivity index (χ3v) is 9.86. The summed E-state index contributed by atoms with van der Waals surface area (Å²) < 4.78 is 37.8. The fraction of sp³-hybridized carbons (Fsp3) is 0.357. The number of nitrogens with zero attached hydrogens (tertiary/aromatic N) is 2. The van der Waals surface area contributed by atoms with Crippen molar-refractivity contribution in [2.75, 3.05) is 44.8 Å². The van der Waals surface area contributed by atoms with E-state index in [9.17, 15) is 18.0 Å². The second kappa shape index (κ2) is 13.2. The highest BCUT2D eigenvalue weighted by molar-refractivity contribution is 7.89. The number of anilines is 1. The van der Waals surface area contributed by atoms with Crippen molar-refractivity contribution in [1.29, 1.82) is 0 Å². The van der Waals surface area contributed by atoms with E-state index in [-0.39, 0.29) is 23.9 Å². The zero-order valence-electron chi connectivity index (χ0n) is 22.1. The largest absolute Gasteiger partial charge is 0.462 e. The maximum absolute atomic E-state index is 13.2. The topological polar surface area (TPSA) is 105 Å². The maximum Gasteiger partial charge on any atom is 0.341 e. The highest BCUT2D eigenvalue weighted by atomic mass is 35.5. The first-order valence-electron chi connectivity index (χ1n) is 12.9. The van der Waals surface area contributed by atoms with Crippen LogP contribution in [0.15, 0.2) is 59.5 Å². The number of thiophene rings is 1. The van der Waals surface area contributed by atoms with Crippen LogP contribution < -0.4 is 5.32 Å². The fourth-order valence-corrected chi connectivity index (χ4v) is 7.51. The van der Waals surface area contributed by atoms with Gasteiger partial charge in [-0.1, -0.05) is 30.3 Å². The zero-order valence-corrected chi connectivity index (χ0v) is 24.6. The molecule has 0 spiro atoms. The van der Waals surface area contributed by atoms with Crippen LogP contribution >= 0.6 is 23.7 Å². The van der Waals surface area contributed by atoms with E-state index in [4.69, 9.17) is 9.47 Å². The van der Waals surface area contributed by atoms with E-state index < -0.39 is 21.9 Å². The lowest BCUT2D eigenvalue weighted by atomic mass is 10.0. The van der Waals surface area contributed by atoms with E-state index in [1.807, 2.05) is 18.2 Å². The zero-order chi connectivity index (χ0) is 27.4. The van der Waals surface area contributed by atoms with Crippen molar-refractivity contribution in [2.24, 2.45) is 0 Å². The summed E-state index contributed by atoms with van der Waals surface area (Å²) in [5.41, 5.74) is 2.85. The molecule has 0 saturated carbocycles. The smallest absolute Gasteiger partial charge is 0.341 e. The van der Waals surface area contributed by atoms with Crippen molar-refractivity contribution in [3.63, 3.8) is 0 Å². The van der Waals surface area contributed by atoms with Crippen LogP contribution in [0.1, 0.15) is 43.6 Å². The van der Waals surface area contributed by atoms with Crippen LogP contribution in [0, 0.1) is 0 Å². The molecule has 2 aliphatic rings. The number of esters is 1. The second-order valence-corrected chi connectivity index (χ2v) is 12.4. The summed E-state index contributed by atoms with van der Waals surface area (Å²) in [7, 11) is -3.66. The third kappa shape index (κ3) is 6.56. The van der Waals surface area contributed by atoms with Gasteiger partial charge in [0.25, 0.3) is 5.91 Å². The molecule has 0 bridgehead atoms. The van der Waals surface area contributed by atoms with E-state index in [2.05, 4.69) is 22.3 Å². The van der Waals surface area contributed by atoms with Gasteiger partial charge in [0.1, 0.15) is 5.00 Å². The number of halogens is 1. The Kier molecular flexibility index (Phi) is 9.99. The summed E-state index contributed by atoms with van der Waals surface area (Å²) in [5.74, 6) is -0.871. The molecule has 1 saturated heterocycles. The molecule has 0 atom stereocenters. The van der Waals surface area contributed by atoms with Gasteiger partial charge in [-0.05, 0) is 48.7 Å². The maximum atomic E-state index is 13.2. The van der Waals surface area contributed by atoms with E-state index in [1.54, 1.807) is 6.92 Å². The third-order valence-electron chi connectivity index (χ3n) is 6.82. The minimum atomic E-state index is -3.66. The van der Waals surface area contributed by atoms with Crippen molar-refractivity contribution in [1.82, 2.24) is 9.21 Å². The number of morpholine rings is 1. The highest BCUT2D eigenvalue weighted by Gasteiger charge is 2.30. The molecule has 40 heavy (non-hydrogen) atoms. The van der Waals surface area contributed by atoms with E-state index in [0.29, 0.717) is 55.4 Å². The molecule has 0 aliphatic carbocycles. The Hall–Kier alpha value is -2.80. The molecular weight excluding hydrogens is 574 g/mol. The Morgan fingerprint density at radius 3 is 2.40 bits per heavy atom. The number of nitrogens with one attached hydrogen (secondary N) is 1. The van der Waals surface area contributed by atoms with E-state index >= 15 is 0 Å². The molecule has 214 valence electrons. The molecule has 1 amide bonds. The number of carbonyl (C=O) groups is 2. The van der Waals surface area contributed by atoms with Gasteiger partial charge in [-0.2, -0.15) is 4.31 Å². The summed E-state index contributed by atoms with van der Waals surface area (Å²) in [4.78, 5) is 29.6. The summed E-state index contributed by atoms with van der Waals surface area (Å²) >= 11 is 1.39. The van der Waals surface area contributed by atoms with Gasteiger partial charge >= 0.3 is 5.97 Å². The van der Waals surface area contributed by atoms with E-state index in [1.165, 1.54) is 45.5 Å². The minimum Gasteiger partial charge on any atom is -0.462 e. The Balaban J connectivity index is 0.00000370. The second-order valence-electron chi connectivity index (χ2n) is 9.37. The number of fused-ring (bicyclic) bond motifs is 1. The van der Waals surface area contributed by atoms with Crippen LogP contribution in [-0.2, 0) is 39.0 Å². The van der Waals surface area contributed by atoms with Crippen LogP contribution in [0.2, 0.25) is 0 Å². The molecule has 3 heterocycles. The van der Waals surface area contributed by atoms with Crippen LogP contribution in [0.25, 0.3) is 0 Å². The first-order valence-corrected chi connectivity index (χ1v) is 15.2. The molecule has 5 rings (SSSR count). The average Bonchev–Trinajstić information content (AvgIpc) is 3.31. The van der Waals surface area contributed by atoms with Crippen LogP contribution in [0.4, 0.5) is 5.00 Å². The van der Waals surface area contributed by atoms with Crippen molar-refractivity contribution < 1.29 is 27.5 Å². The number of rotatable bonds is 8. The molecular formula is C28H32ClN3O6S2. The van der Waals surface area contributed by atoms with Gasteiger partial charge in [0.2, 0.25) is 10.0 Å². The molecule has 0 radical (unpaired) electrons. The molecule has 1 aromatic heterocycles. The number of carbonyl (C=O) groups excluding carboxylic acids is 2. The Bertz CT molecular complexity index is 1440. The fourth-order valence-electron chi connectivity index (χ4n) is 4.83. The summed E-state index contributed by atoms with van der Waals surface area (Å²) in [6, 6.07) is 16.1. The number of sulfonamides is 1. The summed E-state index contributed by atoms with van der Waals surface area (Å²) in [6.45, 7) is 5.56. The molecule has 1 N–H and O–H groups in total. The van der Waals surface area contributed by atoms with E-state index in [0.717, 1.165) is 23.5 Å². The molecule has 1 fully saturated rings. The molecule has 9 nitrogen and oxygen atoms in total. The van der Waals surface area contributed by atoms with Crippen molar-refractivity contribution in [3.8, 4) is 0 Å². The molecule has 0 unspecified atom stereocenters. The van der Waals surface area contributed by atoms with Crippen LogP contribution in [0.3, 0.4) is 0 Å². The van der Waals surface area contributed by atoms with Gasteiger partial charge in [0, 0.05) is 43.2 Å². The monoisotopic (exact) mass is 605 g/mol. The van der Waals surface area contributed by atoms with Gasteiger partial charge in [0.15, 0.2) is 0 Å². The van der Waals surface area contributed by atoms with Gasteiger partial charge in [-0.3, -0.25) is 9.69 Å². The van der Waals surface area contributed by atoms with Crippen molar-refractivity contribution in [3.05, 3.63) is 81.7 Å². The normalized spacial score (nSPS) is 16.0.